The molecule has 0 aliphatic rings. The Morgan fingerprint density at radius 2 is 2.29 bits per heavy atom. The minimum atomic E-state index is -0.519. The highest BCUT2D eigenvalue weighted by molar-refractivity contribution is 5.27. The first kappa shape index (κ1) is 10.5. The molecule has 0 N–H and O–H groups in total. The lowest BCUT2D eigenvalue weighted by Gasteiger charge is -2.18. The van der Waals surface area contributed by atoms with Gasteiger partial charge in [0, 0.05) is 6.07 Å². The van der Waals surface area contributed by atoms with Crippen LogP contribution in [-0.4, -0.2) is 12.1 Å². The molecule has 0 fully saturated rings. The lowest BCUT2D eigenvalue weighted by atomic mass is 9.85. The van der Waals surface area contributed by atoms with Crippen LogP contribution in [0.15, 0.2) is 18.2 Å². The van der Waals surface area contributed by atoms with Crippen LogP contribution < -0.4 is 4.74 Å². The Balaban J connectivity index is 3.12. The Labute approximate surface area is 84.3 Å². The first-order valence-corrected chi connectivity index (χ1v) is 4.59. The minimum Gasteiger partial charge on any atom is -0.481 e. The van der Waals surface area contributed by atoms with Crippen LogP contribution in [-0.2, 0) is 5.41 Å². The first-order valence-electron chi connectivity index (χ1n) is 4.59. The number of nitrogens with zero attached hydrogens (tertiary/aromatic N) is 2. The van der Waals surface area contributed by atoms with E-state index in [9.17, 15) is 0 Å². The fourth-order valence-corrected chi connectivity index (χ4v) is 1.15. The largest absolute Gasteiger partial charge is 0.481 e. The van der Waals surface area contributed by atoms with Gasteiger partial charge in [-0.05, 0) is 19.4 Å². The SMILES string of the molecule is CCC(C)(C#N)c1cccc(OC)n1. The molecular weight excluding hydrogens is 176 g/mol. The number of aromatic nitrogens is 1. The maximum absolute atomic E-state index is 9.07. The molecule has 1 unspecified atom stereocenters. The fraction of sp³-hybridized carbons (Fsp3) is 0.455. The second-order valence-electron chi connectivity index (χ2n) is 3.36. The van der Waals surface area contributed by atoms with Gasteiger partial charge in [-0.3, -0.25) is 0 Å². The van der Waals surface area contributed by atoms with Gasteiger partial charge >= 0.3 is 0 Å². The third kappa shape index (κ3) is 1.85. The summed E-state index contributed by atoms with van der Waals surface area (Å²) >= 11 is 0. The topological polar surface area (TPSA) is 45.9 Å². The zero-order valence-corrected chi connectivity index (χ0v) is 8.74. The average molecular weight is 190 g/mol. The van der Waals surface area contributed by atoms with Crippen LogP contribution in [0.25, 0.3) is 0 Å². The summed E-state index contributed by atoms with van der Waals surface area (Å²) in [5.41, 5.74) is 0.246. The summed E-state index contributed by atoms with van der Waals surface area (Å²) < 4.78 is 5.02. The second kappa shape index (κ2) is 4.10. The predicted molar refractivity (Wildman–Crippen MR) is 54.0 cm³/mol. The van der Waals surface area contributed by atoms with E-state index in [1.54, 1.807) is 13.2 Å². The Hall–Kier alpha value is -1.56. The summed E-state index contributed by atoms with van der Waals surface area (Å²) in [7, 11) is 1.57. The van der Waals surface area contributed by atoms with E-state index >= 15 is 0 Å². The third-order valence-corrected chi connectivity index (χ3v) is 2.45. The van der Waals surface area contributed by atoms with E-state index in [1.165, 1.54) is 0 Å². The lowest BCUT2D eigenvalue weighted by Crippen LogP contribution is -2.19. The Morgan fingerprint density at radius 3 is 2.79 bits per heavy atom. The lowest BCUT2D eigenvalue weighted by molar-refractivity contribution is 0.392. The maximum atomic E-state index is 9.07. The molecule has 0 bridgehead atoms. The molecule has 1 rings (SSSR count). The van der Waals surface area contributed by atoms with Gasteiger partial charge in [0.1, 0.15) is 0 Å². The Bertz CT molecular complexity index is 357. The number of pyridine rings is 1. The second-order valence-corrected chi connectivity index (χ2v) is 3.36. The van der Waals surface area contributed by atoms with Crippen LogP contribution in [0.4, 0.5) is 0 Å². The van der Waals surface area contributed by atoms with E-state index in [-0.39, 0.29) is 0 Å². The van der Waals surface area contributed by atoms with Crippen molar-refractivity contribution in [2.45, 2.75) is 25.7 Å². The molecule has 0 aliphatic carbocycles. The molecule has 0 spiro atoms. The van der Waals surface area contributed by atoms with E-state index in [0.29, 0.717) is 5.88 Å². The van der Waals surface area contributed by atoms with Gasteiger partial charge < -0.3 is 4.74 Å². The molecule has 1 atom stereocenters. The molecule has 1 aromatic rings. The molecule has 0 aromatic carbocycles. The molecule has 0 aliphatic heterocycles. The van der Waals surface area contributed by atoms with Crippen molar-refractivity contribution < 1.29 is 4.74 Å². The van der Waals surface area contributed by atoms with Crippen molar-refractivity contribution >= 4 is 0 Å². The van der Waals surface area contributed by atoms with Gasteiger partial charge in [0.25, 0.3) is 0 Å². The molecule has 74 valence electrons. The van der Waals surface area contributed by atoms with E-state index < -0.39 is 5.41 Å². The average Bonchev–Trinajstić information content (AvgIpc) is 2.28. The molecule has 1 aromatic heterocycles. The van der Waals surface area contributed by atoms with Crippen LogP contribution in [0.1, 0.15) is 26.0 Å². The van der Waals surface area contributed by atoms with Crippen molar-refractivity contribution in [1.82, 2.24) is 4.98 Å². The number of hydrogen-bond acceptors (Lipinski definition) is 3. The standard InChI is InChI=1S/C11H14N2O/c1-4-11(2,8-12)9-6-5-7-10(13-9)14-3/h5-7H,4H2,1-3H3. The molecule has 14 heavy (non-hydrogen) atoms. The monoisotopic (exact) mass is 190 g/mol. The van der Waals surface area contributed by atoms with Gasteiger partial charge in [0.15, 0.2) is 0 Å². The number of hydrogen-bond donors (Lipinski definition) is 0. The zero-order valence-electron chi connectivity index (χ0n) is 8.74. The summed E-state index contributed by atoms with van der Waals surface area (Å²) in [5.74, 6) is 0.553. The van der Waals surface area contributed by atoms with Crippen molar-refractivity contribution in [3.63, 3.8) is 0 Å². The summed E-state index contributed by atoms with van der Waals surface area (Å²) in [6, 6.07) is 7.76. The van der Waals surface area contributed by atoms with Gasteiger partial charge in [0.05, 0.1) is 24.3 Å². The van der Waals surface area contributed by atoms with Crippen molar-refractivity contribution in [2.75, 3.05) is 7.11 Å². The Morgan fingerprint density at radius 1 is 1.57 bits per heavy atom. The third-order valence-electron chi connectivity index (χ3n) is 2.45. The molecule has 0 radical (unpaired) electrons. The quantitative estimate of drug-likeness (QED) is 0.734. The smallest absolute Gasteiger partial charge is 0.213 e. The first-order chi connectivity index (χ1) is 6.66. The highest BCUT2D eigenvalue weighted by Crippen LogP contribution is 2.25. The number of nitriles is 1. The van der Waals surface area contributed by atoms with Gasteiger partial charge in [-0.25, -0.2) is 4.98 Å². The van der Waals surface area contributed by atoms with E-state index in [4.69, 9.17) is 10.00 Å². The fourth-order valence-electron chi connectivity index (χ4n) is 1.15. The summed E-state index contributed by atoms with van der Waals surface area (Å²) in [6.45, 7) is 3.86. The van der Waals surface area contributed by atoms with Crippen molar-refractivity contribution in [3.05, 3.63) is 23.9 Å². The highest BCUT2D eigenvalue weighted by atomic mass is 16.5. The van der Waals surface area contributed by atoms with E-state index in [1.807, 2.05) is 26.0 Å². The van der Waals surface area contributed by atoms with Crippen LogP contribution in [0, 0.1) is 11.3 Å². The van der Waals surface area contributed by atoms with Gasteiger partial charge in [-0.1, -0.05) is 13.0 Å². The van der Waals surface area contributed by atoms with E-state index in [0.717, 1.165) is 12.1 Å². The van der Waals surface area contributed by atoms with Crippen molar-refractivity contribution in [1.29, 1.82) is 5.26 Å². The Kier molecular flexibility index (Phi) is 3.08. The minimum absolute atomic E-state index is 0.519. The van der Waals surface area contributed by atoms with Gasteiger partial charge in [-0.2, -0.15) is 5.26 Å². The normalized spacial score (nSPS) is 14.1. The maximum Gasteiger partial charge on any atom is 0.213 e. The van der Waals surface area contributed by atoms with Crippen LogP contribution in [0.2, 0.25) is 0 Å². The highest BCUT2D eigenvalue weighted by Gasteiger charge is 2.25. The van der Waals surface area contributed by atoms with Crippen LogP contribution in [0.3, 0.4) is 0 Å². The van der Waals surface area contributed by atoms with E-state index in [2.05, 4.69) is 11.1 Å². The molecular formula is C11H14N2O. The van der Waals surface area contributed by atoms with Crippen molar-refractivity contribution in [2.24, 2.45) is 0 Å². The molecule has 1 heterocycles. The predicted octanol–water partition coefficient (Wildman–Crippen LogP) is 2.28. The summed E-state index contributed by atoms with van der Waals surface area (Å²) in [6.07, 6.45) is 0.740. The van der Waals surface area contributed by atoms with Crippen LogP contribution in [0.5, 0.6) is 5.88 Å². The molecule has 3 heteroatoms. The molecule has 3 nitrogen and oxygen atoms in total. The molecule has 0 amide bonds. The van der Waals surface area contributed by atoms with Crippen molar-refractivity contribution in [3.8, 4) is 11.9 Å². The number of ether oxygens (including phenoxy) is 1. The number of rotatable bonds is 3. The van der Waals surface area contributed by atoms with Crippen LogP contribution >= 0.6 is 0 Å². The summed E-state index contributed by atoms with van der Waals surface area (Å²) in [5, 5.41) is 9.07. The number of methoxy groups -OCH3 is 1. The zero-order chi connectivity index (χ0) is 10.6. The van der Waals surface area contributed by atoms with Gasteiger partial charge in [0.2, 0.25) is 5.88 Å². The molecule has 0 saturated heterocycles. The van der Waals surface area contributed by atoms with Gasteiger partial charge in [-0.15, -0.1) is 0 Å². The summed E-state index contributed by atoms with van der Waals surface area (Å²) in [4.78, 5) is 4.26. The molecule has 0 saturated carbocycles.